The Morgan fingerprint density at radius 2 is 1.86 bits per heavy atom. The van der Waals surface area contributed by atoms with Gasteiger partial charge in [0.25, 0.3) is 0 Å². The maximum atomic E-state index is 12.8. The third-order valence-corrected chi connectivity index (χ3v) is 2.62. The van der Waals surface area contributed by atoms with E-state index in [9.17, 15) is 31.1 Å². The summed E-state index contributed by atoms with van der Waals surface area (Å²) in [5, 5.41) is -0.442. The van der Waals surface area contributed by atoms with E-state index in [1.54, 1.807) is 0 Å². The van der Waals surface area contributed by atoms with Crippen molar-refractivity contribution in [2.45, 2.75) is 17.9 Å². The standard InChI is InChI=1S/C10H6BrF6NO3/c1-20-8(19)4-2-6(21-10(15,16)17)5(3-11)18-7(4)9(12,13)14/h2H,3H2,1H3. The fourth-order valence-electron chi connectivity index (χ4n) is 1.32. The second-order valence-electron chi connectivity index (χ2n) is 3.50. The molecule has 0 atom stereocenters. The van der Waals surface area contributed by atoms with Gasteiger partial charge in [-0.1, -0.05) is 15.9 Å². The van der Waals surface area contributed by atoms with Gasteiger partial charge in [0.15, 0.2) is 11.4 Å². The molecule has 1 heterocycles. The van der Waals surface area contributed by atoms with Crippen molar-refractivity contribution in [3.8, 4) is 5.75 Å². The lowest BCUT2D eigenvalue weighted by molar-refractivity contribution is -0.275. The van der Waals surface area contributed by atoms with Gasteiger partial charge < -0.3 is 9.47 Å². The van der Waals surface area contributed by atoms with Gasteiger partial charge in [0.2, 0.25) is 0 Å². The van der Waals surface area contributed by atoms with Gasteiger partial charge in [-0.2, -0.15) is 13.2 Å². The zero-order valence-corrected chi connectivity index (χ0v) is 11.7. The van der Waals surface area contributed by atoms with Crippen molar-refractivity contribution in [1.82, 2.24) is 4.98 Å². The zero-order chi connectivity index (χ0) is 16.4. The van der Waals surface area contributed by atoms with Crippen LogP contribution in [0, 0.1) is 0 Å². The zero-order valence-electron chi connectivity index (χ0n) is 10.1. The normalized spacial score (nSPS) is 12.2. The number of nitrogens with zero attached hydrogens (tertiary/aromatic N) is 1. The first-order valence-corrected chi connectivity index (χ1v) is 6.13. The Labute approximate surface area is 122 Å². The van der Waals surface area contributed by atoms with Gasteiger partial charge in [-0.05, 0) is 6.07 Å². The number of pyridine rings is 1. The molecule has 4 nitrogen and oxygen atoms in total. The van der Waals surface area contributed by atoms with E-state index < -0.39 is 46.5 Å². The summed E-state index contributed by atoms with van der Waals surface area (Å²) in [5.74, 6) is -2.50. The molecule has 1 rings (SSSR count). The first-order chi connectivity index (χ1) is 9.49. The Balaban J connectivity index is 3.52. The van der Waals surface area contributed by atoms with Crippen molar-refractivity contribution in [2.24, 2.45) is 0 Å². The fraction of sp³-hybridized carbons (Fsp3) is 0.400. The van der Waals surface area contributed by atoms with Crippen molar-refractivity contribution < 1.29 is 40.6 Å². The van der Waals surface area contributed by atoms with Gasteiger partial charge in [0.1, 0.15) is 0 Å². The number of rotatable bonds is 3. The molecule has 0 bridgehead atoms. The smallest absolute Gasteiger partial charge is 0.465 e. The van der Waals surface area contributed by atoms with Crippen LogP contribution < -0.4 is 4.74 Å². The summed E-state index contributed by atoms with van der Waals surface area (Å²) in [6.45, 7) is 0. The van der Waals surface area contributed by atoms with Crippen LogP contribution in [0.2, 0.25) is 0 Å². The Hall–Kier alpha value is -1.52. The monoisotopic (exact) mass is 381 g/mol. The van der Waals surface area contributed by atoms with Crippen LogP contribution in [0.1, 0.15) is 21.7 Å². The number of halogens is 7. The molecule has 0 N–H and O–H groups in total. The Kier molecular flexibility index (Phi) is 5.07. The quantitative estimate of drug-likeness (QED) is 0.455. The second-order valence-corrected chi connectivity index (χ2v) is 4.06. The lowest BCUT2D eigenvalue weighted by Gasteiger charge is -2.16. The molecule has 0 aliphatic heterocycles. The number of esters is 1. The number of ether oxygens (including phenoxy) is 2. The highest BCUT2D eigenvalue weighted by Crippen LogP contribution is 2.36. The van der Waals surface area contributed by atoms with Crippen LogP contribution >= 0.6 is 15.9 Å². The van der Waals surface area contributed by atoms with Gasteiger partial charge in [0, 0.05) is 5.33 Å². The summed E-state index contributed by atoms with van der Waals surface area (Å²) in [4.78, 5) is 14.3. The first kappa shape index (κ1) is 17.5. The molecule has 0 saturated heterocycles. The molecule has 1 aromatic heterocycles. The van der Waals surface area contributed by atoms with E-state index in [0.717, 1.165) is 7.11 Å². The van der Waals surface area contributed by atoms with Crippen molar-refractivity contribution >= 4 is 21.9 Å². The number of hydrogen-bond acceptors (Lipinski definition) is 4. The summed E-state index contributed by atoms with van der Waals surface area (Å²) in [6, 6.07) is 0.297. The molecule has 118 valence electrons. The summed E-state index contributed by atoms with van der Waals surface area (Å²) >= 11 is 2.70. The third-order valence-electron chi connectivity index (χ3n) is 2.09. The van der Waals surface area contributed by atoms with Gasteiger partial charge in [0.05, 0.1) is 18.4 Å². The molecule has 0 fully saturated rings. The lowest BCUT2D eigenvalue weighted by atomic mass is 10.1. The minimum atomic E-state index is -5.15. The average Bonchev–Trinajstić information content (AvgIpc) is 2.34. The fourth-order valence-corrected chi connectivity index (χ4v) is 1.73. The largest absolute Gasteiger partial charge is 0.573 e. The Bertz CT molecular complexity index is 543. The van der Waals surface area contributed by atoms with E-state index >= 15 is 0 Å². The summed E-state index contributed by atoms with van der Waals surface area (Å²) < 4.78 is 82.6. The van der Waals surface area contributed by atoms with Gasteiger partial charge in [-0.15, -0.1) is 13.2 Å². The summed E-state index contributed by atoms with van der Waals surface area (Å²) in [7, 11) is 0.783. The van der Waals surface area contributed by atoms with Crippen molar-refractivity contribution in [3.63, 3.8) is 0 Å². The van der Waals surface area contributed by atoms with Crippen LogP contribution in [0.15, 0.2) is 6.07 Å². The lowest BCUT2D eigenvalue weighted by Crippen LogP contribution is -2.22. The van der Waals surface area contributed by atoms with Crippen molar-refractivity contribution in [1.29, 1.82) is 0 Å². The average molecular weight is 382 g/mol. The highest BCUT2D eigenvalue weighted by Gasteiger charge is 2.40. The van der Waals surface area contributed by atoms with Crippen LogP contribution in [0.3, 0.4) is 0 Å². The molecule has 0 aliphatic rings. The topological polar surface area (TPSA) is 48.4 Å². The number of carbonyl (C=O) groups is 1. The molecular weight excluding hydrogens is 376 g/mol. The van der Waals surface area contributed by atoms with Gasteiger partial charge >= 0.3 is 18.5 Å². The first-order valence-electron chi connectivity index (χ1n) is 5.00. The number of aromatic nitrogens is 1. The molecular formula is C10H6BrF6NO3. The number of hydrogen-bond donors (Lipinski definition) is 0. The predicted molar refractivity (Wildman–Crippen MR) is 59.9 cm³/mol. The van der Waals surface area contributed by atoms with Crippen LogP contribution in [-0.4, -0.2) is 24.4 Å². The van der Waals surface area contributed by atoms with Gasteiger partial charge in [-0.3, -0.25) is 0 Å². The SMILES string of the molecule is COC(=O)c1cc(OC(F)(F)F)c(CBr)nc1C(F)(F)F. The molecule has 0 unspecified atom stereocenters. The highest BCUT2D eigenvalue weighted by molar-refractivity contribution is 9.08. The number of methoxy groups -OCH3 is 1. The predicted octanol–water partition coefficient (Wildman–Crippen LogP) is 3.68. The molecule has 0 saturated carbocycles. The van der Waals surface area contributed by atoms with E-state index in [1.807, 2.05) is 0 Å². The number of carbonyl (C=O) groups excluding carboxylic acids is 1. The highest BCUT2D eigenvalue weighted by atomic mass is 79.9. The maximum absolute atomic E-state index is 12.8. The molecule has 0 aromatic carbocycles. The Morgan fingerprint density at radius 3 is 2.24 bits per heavy atom. The summed E-state index contributed by atoms with van der Waals surface area (Å²) in [6.07, 6.45) is -10.2. The molecule has 0 spiro atoms. The third kappa shape index (κ3) is 4.48. The molecule has 11 heteroatoms. The molecule has 21 heavy (non-hydrogen) atoms. The van der Waals surface area contributed by atoms with E-state index in [4.69, 9.17) is 0 Å². The van der Waals surface area contributed by atoms with Crippen LogP contribution in [0.4, 0.5) is 26.3 Å². The van der Waals surface area contributed by atoms with Gasteiger partial charge in [-0.25, -0.2) is 9.78 Å². The van der Waals surface area contributed by atoms with Crippen molar-refractivity contribution in [2.75, 3.05) is 7.11 Å². The van der Waals surface area contributed by atoms with Crippen LogP contribution in [0.25, 0.3) is 0 Å². The van der Waals surface area contributed by atoms with E-state index in [-0.39, 0.29) is 0 Å². The molecule has 1 aromatic rings. The second kappa shape index (κ2) is 6.08. The van der Waals surface area contributed by atoms with Crippen molar-refractivity contribution in [3.05, 3.63) is 23.0 Å². The maximum Gasteiger partial charge on any atom is 0.573 e. The molecule has 0 amide bonds. The molecule has 0 aliphatic carbocycles. The minimum absolute atomic E-state index is 0.297. The molecule has 0 radical (unpaired) electrons. The van der Waals surface area contributed by atoms with Crippen LogP contribution in [-0.2, 0) is 16.2 Å². The van der Waals surface area contributed by atoms with Crippen LogP contribution in [0.5, 0.6) is 5.75 Å². The van der Waals surface area contributed by atoms with E-state index in [0.29, 0.717) is 6.07 Å². The minimum Gasteiger partial charge on any atom is -0.465 e. The Morgan fingerprint density at radius 1 is 1.29 bits per heavy atom. The van der Waals surface area contributed by atoms with E-state index in [2.05, 4.69) is 30.4 Å². The summed E-state index contributed by atoms with van der Waals surface area (Å²) in [5.41, 5.74) is -3.49. The number of alkyl halides is 7. The van der Waals surface area contributed by atoms with E-state index in [1.165, 1.54) is 0 Å².